The van der Waals surface area contributed by atoms with Crippen LogP contribution < -0.4 is 28.4 Å². The number of hydrogen-bond acceptors (Lipinski definition) is 7. The molecule has 57 heavy (non-hydrogen) atoms. The van der Waals surface area contributed by atoms with Crippen molar-refractivity contribution in [2.24, 2.45) is 23.7 Å². The summed E-state index contributed by atoms with van der Waals surface area (Å²) in [7, 11) is 0. The summed E-state index contributed by atoms with van der Waals surface area (Å²) < 4.78 is 37.2. The van der Waals surface area contributed by atoms with Crippen molar-refractivity contribution in [2.45, 2.75) is 38.9 Å². The fraction of sp³-hybridized carbons (Fsp3) is 0.286. The Kier molecular flexibility index (Phi) is 13.8. The molecule has 0 bridgehead atoms. The summed E-state index contributed by atoms with van der Waals surface area (Å²) in [5.41, 5.74) is 1.72. The fourth-order valence-electron chi connectivity index (χ4n) is 6.89. The monoisotopic (exact) mass is 766 g/mol. The minimum atomic E-state index is -1.08. The molecule has 4 aliphatic carbocycles. The molecule has 8 heteroatoms. The summed E-state index contributed by atoms with van der Waals surface area (Å²) in [6, 6.07) is 16.3. The quantitative estimate of drug-likeness (QED) is 0.102. The Morgan fingerprint density at radius 3 is 0.912 bits per heavy atom. The first-order valence-electron chi connectivity index (χ1n) is 19.8. The van der Waals surface area contributed by atoms with Gasteiger partial charge in [-0.3, -0.25) is 0 Å². The van der Waals surface area contributed by atoms with Gasteiger partial charge in [0.05, 0.1) is 32.0 Å². The van der Waals surface area contributed by atoms with Crippen molar-refractivity contribution in [1.29, 1.82) is 0 Å². The molecule has 0 atom stereocenters. The molecule has 0 saturated carbocycles. The number of rotatable bonds is 23. The van der Waals surface area contributed by atoms with Crippen molar-refractivity contribution >= 4 is 5.97 Å². The predicted molar refractivity (Wildman–Crippen MR) is 222 cm³/mol. The first-order chi connectivity index (χ1) is 28.0. The highest BCUT2D eigenvalue weighted by Crippen LogP contribution is 2.30. The van der Waals surface area contributed by atoms with E-state index in [2.05, 4.69) is 97.2 Å². The van der Waals surface area contributed by atoms with E-state index in [0.717, 1.165) is 36.8 Å². The zero-order valence-electron chi connectivity index (χ0n) is 32.1. The molecule has 7 rings (SSSR count). The summed E-state index contributed by atoms with van der Waals surface area (Å²) in [4.78, 5) is 12.2. The fourth-order valence-corrected chi connectivity index (χ4v) is 6.89. The smallest absolute Gasteiger partial charge is 0.335 e. The average Bonchev–Trinajstić information content (AvgIpc) is 4.07. The average molecular weight is 767 g/mol. The van der Waals surface area contributed by atoms with Gasteiger partial charge in [0, 0.05) is 18.2 Å². The van der Waals surface area contributed by atoms with Crippen LogP contribution in [0.15, 0.2) is 152 Å². The molecule has 0 amide bonds. The Labute approximate surface area is 335 Å². The molecule has 4 aliphatic rings. The molecular weight excluding hydrogens is 717 g/mol. The molecule has 1 N–H and O–H groups in total. The lowest BCUT2D eigenvalue weighted by Crippen LogP contribution is -2.06. The third-order valence-corrected chi connectivity index (χ3v) is 10.0. The van der Waals surface area contributed by atoms with Gasteiger partial charge in [0.15, 0.2) is 0 Å². The van der Waals surface area contributed by atoms with Crippen molar-refractivity contribution < 1.29 is 38.3 Å². The van der Waals surface area contributed by atoms with Crippen LogP contribution in [0.1, 0.15) is 47.2 Å². The van der Waals surface area contributed by atoms with Crippen molar-refractivity contribution in [3.63, 3.8) is 0 Å². The van der Waals surface area contributed by atoms with Crippen LogP contribution >= 0.6 is 0 Å². The van der Waals surface area contributed by atoms with Crippen molar-refractivity contribution in [3.05, 3.63) is 169 Å². The zero-order chi connectivity index (χ0) is 39.1. The molecule has 0 radical (unpaired) electrons. The second-order valence-electron chi connectivity index (χ2n) is 14.5. The molecule has 0 fully saturated rings. The van der Waals surface area contributed by atoms with Gasteiger partial charge >= 0.3 is 5.97 Å². The van der Waals surface area contributed by atoms with E-state index in [0.29, 0.717) is 84.6 Å². The number of carboxylic acids is 1. The van der Waals surface area contributed by atoms with E-state index in [1.54, 1.807) is 6.07 Å². The Morgan fingerprint density at radius 2 is 0.649 bits per heavy atom. The minimum Gasteiger partial charge on any atom is -0.493 e. The molecule has 8 nitrogen and oxygen atoms in total. The van der Waals surface area contributed by atoms with Crippen LogP contribution in [0.25, 0.3) is 0 Å². The number of benzene rings is 3. The summed E-state index contributed by atoms with van der Waals surface area (Å²) in [6.45, 7) is 2.53. The summed E-state index contributed by atoms with van der Waals surface area (Å²) >= 11 is 0. The largest absolute Gasteiger partial charge is 0.493 e. The van der Waals surface area contributed by atoms with Crippen LogP contribution in [0.4, 0.5) is 0 Å². The third kappa shape index (κ3) is 12.4. The first kappa shape index (κ1) is 39.1. The molecule has 0 spiro atoms. The summed E-state index contributed by atoms with van der Waals surface area (Å²) in [6.07, 6.45) is 37.3. The minimum absolute atomic E-state index is 0.0553. The number of carbonyl (C=O) groups is 1. The van der Waals surface area contributed by atoms with Gasteiger partial charge in [-0.15, -0.1) is 0 Å². The highest BCUT2D eigenvalue weighted by atomic mass is 16.5. The molecule has 0 heterocycles. The van der Waals surface area contributed by atoms with Crippen molar-refractivity contribution in [2.75, 3.05) is 26.4 Å². The van der Waals surface area contributed by atoms with E-state index in [9.17, 15) is 9.90 Å². The maximum Gasteiger partial charge on any atom is 0.335 e. The van der Waals surface area contributed by atoms with Crippen LogP contribution in [0.3, 0.4) is 0 Å². The number of hydrogen-bond donors (Lipinski definition) is 1. The maximum absolute atomic E-state index is 12.2. The van der Waals surface area contributed by atoms with Gasteiger partial charge in [-0.2, -0.15) is 0 Å². The van der Waals surface area contributed by atoms with Crippen LogP contribution in [-0.4, -0.2) is 37.5 Å². The Balaban J connectivity index is 1.01. The normalized spacial score (nSPS) is 15.7. The molecule has 3 aromatic carbocycles. The second kappa shape index (κ2) is 20.1. The molecular formula is C49H50O8. The van der Waals surface area contributed by atoms with E-state index in [1.165, 1.54) is 12.1 Å². The van der Waals surface area contributed by atoms with E-state index < -0.39 is 5.97 Å². The Hall–Kier alpha value is -6.15. The highest BCUT2D eigenvalue weighted by molar-refractivity contribution is 5.88. The van der Waals surface area contributed by atoms with Crippen LogP contribution in [0.5, 0.6) is 34.5 Å². The molecule has 3 aromatic rings. The highest BCUT2D eigenvalue weighted by Gasteiger charge is 2.14. The maximum atomic E-state index is 12.2. The van der Waals surface area contributed by atoms with E-state index in [-0.39, 0.29) is 18.8 Å². The van der Waals surface area contributed by atoms with Gasteiger partial charge in [-0.25, -0.2) is 4.79 Å². The summed E-state index contributed by atoms with van der Waals surface area (Å²) in [5.74, 6) is 3.89. The van der Waals surface area contributed by atoms with Crippen LogP contribution in [-0.2, 0) is 13.2 Å². The number of allylic oxidation sites excluding steroid dienone is 16. The molecule has 0 unspecified atom stereocenters. The van der Waals surface area contributed by atoms with E-state index >= 15 is 0 Å². The topological polar surface area (TPSA) is 92.7 Å². The zero-order valence-corrected chi connectivity index (χ0v) is 32.1. The summed E-state index contributed by atoms with van der Waals surface area (Å²) in [5, 5.41) is 9.98. The van der Waals surface area contributed by atoms with E-state index in [4.69, 9.17) is 28.4 Å². The number of carboxylic acid groups (broad SMARTS) is 1. The lowest BCUT2D eigenvalue weighted by atomic mass is 10.1. The van der Waals surface area contributed by atoms with Gasteiger partial charge in [0.2, 0.25) is 0 Å². The molecule has 0 aromatic heterocycles. The predicted octanol–water partition coefficient (Wildman–Crippen LogP) is 10.6. The van der Waals surface area contributed by atoms with Gasteiger partial charge in [0.1, 0.15) is 47.7 Å². The SMILES string of the molecule is O=C(O)c1cc(OCc2cc(OCCC3C=CC=C3)cc(OCCC3C=CC=C3)c2)cc(OCc2cc(OCCC3C=CC=C3)cc(OCCC3C=CC=C3)c2)c1. The number of ether oxygens (including phenoxy) is 6. The van der Waals surface area contributed by atoms with Crippen LogP contribution in [0, 0.1) is 23.7 Å². The standard InChI is InChI=1S/C49H50O8/c50-49(51)42-29-47(56-34-40-25-43(52-21-17-36-9-1-2-10-36)31-44(26-40)53-22-18-37-11-3-4-12-37)33-48(30-42)57-35-41-27-45(54-23-19-38-13-5-6-14-38)32-46(28-41)55-24-20-39-15-7-8-16-39/h1-16,25-33,36-39H,17-24,34-35H2,(H,50,51). The molecule has 0 aliphatic heterocycles. The van der Waals surface area contributed by atoms with Gasteiger partial charge in [-0.05, 0) is 96.9 Å². The molecule has 294 valence electrons. The van der Waals surface area contributed by atoms with Gasteiger partial charge in [-0.1, -0.05) is 97.2 Å². The molecule has 0 saturated heterocycles. The van der Waals surface area contributed by atoms with Crippen molar-refractivity contribution in [3.8, 4) is 34.5 Å². The first-order valence-corrected chi connectivity index (χ1v) is 19.8. The van der Waals surface area contributed by atoms with Crippen LogP contribution in [0.2, 0.25) is 0 Å². The Morgan fingerprint density at radius 1 is 0.386 bits per heavy atom. The van der Waals surface area contributed by atoms with Crippen molar-refractivity contribution in [1.82, 2.24) is 0 Å². The van der Waals surface area contributed by atoms with E-state index in [1.807, 2.05) is 36.4 Å². The lowest BCUT2D eigenvalue weighted by molar-refractivity contribution is 0.0695. The second-order valence-corrected chi connectivity index (χ2v) is 14.5. The Bertz CT molecular complexity index is 1790. The number of aromatic carboxylic acids is 1. The third-order valence-electron chi connectivity index (χ3n) is 10.0. The van der Waals surface area contributed by atoms with Gasteiger partial charge < -0.3 is 33.5 Å². The van der Waals surface area contributed by atoms with Gasteiger partial charge in [0.25, 0.3) is 0 Å². The lowest BCUT2D eigenvalue weighted by Gasteiger charge is -2.16.